The molecular formula is C21H22ClN3O2S. The van der Waals surface area contributed by atoms with Crippen LogP contribution in [0.5, 0.6) is 0 Å². The number of carbonyl (C=O) groups is 2. The van der Waals surface area contributed by atoms with Gasteiger partial charge in [-0.1, -0.05) is 48.5 Å². The van der Waals surface area contributed by atoms with Gasteiger partial charge in [0.2, 0.25) is 11.8 Å². The molecule has 0 spiro atoms. The van der Waals surface area contributed by atoms with E-state index in [0.717, 1.165) is 17.7 Å². The molecule has 0 radical (unpaired) electrons. The molecule has 1 saturated heterocycles. The fourth-order valence-electron chi connectivity index (χ4n) is 2.95. The van der Waals surface area contributed by atoms with Crippen molar-refractivity contribution in [1.29, 1.82) is 0 Å². The maximum atomic E-state index is 12.8. The number of hydrogen-bond donors (Lipinski definition) is 1. The minimum absolute atomic E-state index is 0.0773. The van der Waals surface area contributed by atoms with Gasteiger partial charge < -0.3 is 5.32 Å². The van der Waals surface area contributed by atoms with E-state index in [4.69, 9.17) is 16.6 Å². The van der Waals surface area contributed by atoms with E-state index >= 15 is 0 Å². The highest BCUT2D eigenvalue weighted by molar-refractivity contribution is 8.15. The van der Waals surface area contributed by atoms with Gasteiger partial charge in [0.05, 0.1) is 5.69 Å². The van der Waals surface area contributed by atoms with E-state index in [2.05, 4.69) is 12.2 Å². The number of carbonyl (C=O) groups excluding carboxylic acids is 2. The van der Waals surface area contributed by atoms with Crippen LogP contribution in [-0.2, 0) is 16.0 Å². The van der Waals surface area contributed by atoms with Crippen LogP contribution in [0, 0.1) is 0 Å². The molecule has 2 aromatic carbocycles. The van der Waals surface area contributed by atoms with Gasteiger partial charge in [-0.15, -0.1) is 0 Å². The molecule has 3 rings (SSSR count). The zero-order valence-corrected chi connectivity index (χ0v) is 17.4. The lowest BCUT2D eigenvalue weighted by molar-refractivity contribution is -0.128. The summed E-state index contributed by atoms with van der Waals surface area (Å²) in [7, 11) is 0. The number of aliphatic imine (C=N–C) groups is 1. The number of amidine groups is 1. The number of para-hydroxylation sites is 1. The Bertz CT molecular complexity index is 899. The van der Waals surface area contributed by atoms with Crippen LogP contribution in [0.15, 0.2) is 53.5 Å². The minimum atomic E-state index is -0.472. The van der Waals surface area contributed by atoms with Gasteiger partial charge in [-0.25, -0.2) is 4.99 Å². The molecule has 0 aromatic heterocycles. The molecule has 28 heavy (non-hydrogen) atoms. The fraction of sp³-hybridized carbons (Fsp3) is 0.286. The average Bonchev–Trinajstić information content (AvgIpc) is 2.98. The number of nitrogens with zero attached hydrogens (tertiary/aromatic N) is 2. The first-order valence-corrected chi connectivity index (χ1v) is 10.5. The molecule has 2 aromatic rings. The average molecular weight is 416 g/mol. The van der Waals surface area contributed by atoms with E-state index in [1.807, 2.05) is 31.2 Å². The molecule has 1 aliphatic rings. The number of hydrogen-bond acceptors (Lipinski definition) is 4. The SMILES string of the molecule is CCc1ccccc1N=C1SC(CC(=O)Nc2ccc(Cl)cc2)C(=O)N1CC. The topological polar surface area (TPSA) is 61.8 Å². The summed E-state index contributed by atoms with van der Waals surface area (Å²) in [4.78, 5) is 31.5. The van der Waals surface area contributed by atoms with Crippen molar-refractivity contribution in [2.45, 2.75) is 31.9 Å². The molecule has 1 aliphatic heterocycles. The molecule has 1 heterocycles. The van der Waals surface area contributed by atoms with Crippen molar-refractivity contribution in [3.8, 4) is 0 Å². The first kappa shape index (κ1) is 20.4. The predicted octanol–water partition coefficient (Wildman–Crippen LogP) is 4.88. The van der Waals surface area contributed by atoms with Gasteiger partial charge in [0.1, 0.15) is 5.25 Å². The van der Waals surface area contributed by atoms with Crippen LogP contribution in [0.1, 0.15) is 25.8 Å². The highest BCUT2D eigenvalue weighted by Crippen LogP contribution is 2.32. The Kier molecular flexibility index (Phi) is 6.75. The molecule has 0 aliphatic carbocycles. The van der Waals surface area contributed by atoms with E-state index in [0.29, 0.717) is 22.4 Å². The van der Waals surface area contributed by atoms with Gasteiger partial charge in [0.25, 0.3) is 0 Å². The molecule has 0 bridgehead atoms. The lowest BCUT2D eigenvalue weighted by Crippen LogP contribution is -2.33. The molecule has 2 amide bonds. The molecule has 5 nitrogen and oxygen atoms in total. The van der Waals surface area contributed by atoms with Gasteiger partial charge in [0, 0.05) is 23.7 Å². The predicted molar refractivity (Wildman–Crippen MR) is 116 cm³/mol. The monoisotopic (exact) mass is 415 g/mol. The van der Waals surface area contributed by atoms with Crippen molar-refractivity contribution >= 4 is 51.7 Å². The molecule has 146 valence electrons. The molecule has 1 fully saturated rings. The summed E-state index contributed by atoms with van der Waals surface area (Å²) in [6.45, 7) is 4.51. The van der Waals surface area contributed by atoms with Gasteiger partial charge in [-0.05, 0) is 49.2 Å². The first-order chi connectivity index (χ1) is 13.5. The summed E-state index contributed by atoms with van der Waals surface area (Å²) < 4.78 is 0. The normalized spacial score (nSPS) is 18.0. The lowest BCUT2D eigenvalue weighted by Gasteiger charge is -2.14. The quantitative estimate of drug-likeness (QED) is 0.731. The number of benzene rings is 2. The molecule has 1 N–H and O–H groups in total. The highest BCUT2D eigenvalue weighted by Gasteiger charge is 2.38. The molecule has 0 saturated carbocycles. The number of thioether (sulfide) groups is 1. The summed E-state index contributed by atoms with van der Waals surface area (Å²) in [5.41, 5.74) is 2.65. The Hall–Kier alpha value is -2.31. The van der Waals surface area contributed by atoms with Crippen LogP contribution in [0.2, 0.25) is 5.02 Å². The summed E-state index contributed by atoms with van der Waals surface area (Å²) >= 11 is 7.21. The summed E-state index contributed by atoms with van der Waals surface area (Å²) in [5.74, 6) is -0.286. The van der Waals surface area contributed by atoms with Gasteiger partial charge >= 0.3 is 0 Å². The van der Waals surface area contributed by atoms with Crippen molar-refractivity contribution in [2.24, 2.45) is 4.99 Å². The van der Waals surface area contributed by atoms with Gasteiger partial charge in [0.15, 0.2) is 5.17 Å². The second-order valence-electron chi connectivity index (χ2n) is 6.32. The minimum Gasteiger partial charge on any atom is -0.326 e. The second-order valence-corrected chi connectivity index (χ2v) is 7.93. The number of nitrogens with one attached hydrogen (secondary N) is 1. The van der Waals surface area contributed by atoms with Gasteiger partial charge in [-0.2, -0.15) is 0 Å². The Morgan fingerprint density at radius 3 is 2.57 bits per heavy atom. The second kappa shape index (κ2) is 9.26. The van der Waals surface area contributed by atoms with Crippen LogP contribution >= 0.6 is 23.4 Å². The van der Waals surface area contributed by atoms with Crippen LogP contribution in [0.3, 0.4) is 0 Å². The number of aryl methyl sites for hydroxylation is 1. The third kappa shape index (κ3) is 4.75. The van der Waals surface area contributed by atoms with Crippen LogP contribution in [-0.4, -0.2) is 33.7 Å². The molecule has 1 atom stereocenters. The van der Waals surface area contributed by atoms with Crippen molar-refractivity contribution in [3.63, 3.8) is 0 Å². The van der Waals surface area contributed by atoms with E-state index in [9.17, 15) is 9.59 Å². The van der Waals surface area contributed by atoms with E-state index in [1.165, 1.54) is 11.8 Å². The molecule has 7 heteroatoms. The van der Waals surface area contributed by atoms with Crippen LogP contribution < -0.4 is 5.32 Å². The van der Waals surface area contributed by atoms with Crippen molar-refractivity contribution < 1.29 is 9.59 Å². The standard InChI is InChI=1S/C21H22ClN3O2S/c1-3-14-7-5-6-8-17(14)24-21-25(4-2)20(27)18(28-21)13-19(26)23-16-11-9-15(22)10-12-16/h5-12,18H,3-4,13H2,1-2H3,(H,23,26). The maximum Gasteiger partial charge on any atom is 0.242 e. The van der Waals surface area contributed by atoms with E-state index in [1.54, 1.807) is 29.2 Å². The Morgan fingerprint density at radius 1 is 1.18 bits per heavy atom. The van der Waals surface area contributed by atoms with E-state index in [-0.39, 0.29) is 18.2 Å². The Labute approximate surface area is 174 Å². The largest absolute Gasteiger partial charge is 0.326 e. The maximum absolute atomic E-state index is 12.8. The Balaban J connectivity index is 1.73. The number of amides is 2. The lowest BCUT2D eigenvalue weighted by atomic mass is 10.1. The number of halogens is 1. The zero-order valence-electron chi connectivity index (χ0n) is 15.8. The van der Waals surface area contributed by atoms with Crippen molar-refractivity contribution in [1.82, 2.24) is 4.90 Å². The smallest absolute Gasteiger partial charge is 0.242 e. The number of rotatable bonds is 6. The first-order valence-electron chi connectivity index (χ1n) is 9.21. The highest BCUT2D eigenvalue weighted by atomic mass is 35.5. The summed E-state index contributed by atoms with van der Waals surface area (Å²) in [5, 5.41) is 3.59. The number of anilines is 1. The van der Waals surface area contributed by atoms with Crippen LogP contribution in [0.25, 0.3) is 0 Å². The van der Waals surface area contributed by atoms with Gasteiger partial charge in [-0.3, -0.25) is 14.5 Å². The molecule has 1 unspecified atom stereocenters. The van der Waals surface area contributed by atoms with Crippen molar-refractivity contribution in [2.75, 3.05) is 11.9 Å². The zero-order chi connectivity index (χ0) is 20.1. The third-order valence-electron chi connectivity index (χ3n) is 4.42. The van der Waals surface area contributed by atoms with Crippen molar-refractivity contribution in [3.05, 3.63) is 59.1 Å². The third-order valence-corrected chi connectivity index (χ3v) is 5.85. The van der Waals surface area contributed by atoms with E-state index < -0.39 is 5.25 Å². The fourth-order valence-corrected chi connectivity index (χ4v) is 4.29. The van der Waals surface area contributed by atoms with Crippen LogP contribution in [0.4, 0.5) is 11.4 Å². The summed E-state index contributed by atoms with van der Waals surface area (Å²) in [6.07, 6.45) is 0.960. The summed E-state index contributed by atoms with van der Waals surface area (Å²) in [6, 6.07) is 14.8. The Morgan fingerprint density at radius 2 is 1.89 bits per heavy atom. The molecular weight excluding hydrogens is 394 g/mol.